The predicted octanol–water partition coefficient (Wildman–Crippen LogP) is 3.20. The predicted molar refractivity (Wildman–Crippen MR) is 102 cm³/mol. The molecule has 1 amide bonds. The zero-order valence-electron chi connectivity index (χ0n) is 15.2. The SMILES string of the molecule is CC(C)(C)OC(=O)N1CCN2C[C@@](O)(c3ccc(Br)c(Cl)c3)OC[C@@H]2C1. The van der Waals surface area contributed by atoms with Gasteiger partial charge in [0.2, 0.25) is 5.79 Å². The van der Waals surface area contributed by atoms with Crippen LogP contribution in [-0.2, 0) is 15.3 Å². The maximum atomic E-state index is 12.3. The first-order valence-electron chi connectivity index (χ1n) is 8.61. The number of nitrogens with zero attached hydrogens (tertiary/aromatic N) is 2. The third-order valence-corrected chi connectivity index (χ3v) is 5.79. The Labute approximate surface area is 167 Å². The van der Waals surface area contributed by atoms with E-state index >= 15 is 0 Å². The molecule has 0 aromatic heterocycles. The second kappa shape index (κ2) is 7.28. The zero-order valence-corrected chi connectivity index (χ0v) is 17.5. The second-order valence-corrected chi connectivity index (χ2v) is 9.04. The molecule has 2 fully saturated rings. The number of ether oxygens (including phenoxy) is 2. The number of piperazine rings is 1. The highest BCUT2D eigenvalue weighted by atomic mass is 79.9. The van der Waals surface area contributed by atoms with E-state index in [1.54, 1.807) is 23.1 Å². The van der Waals surface area contributed by atoms with Crippen LogP contribution < -0.4 is 0 Å². The molecule has 6 nitrogen and oxygen atoms in total. The van der Waals surface area contributed by atoms with E-state index < -0.39 is 11.4 Å². The number of amides is 1. The minimum atomic E-state index is -1.41. The van der Waals surface area contributed by atoms with E-state index in [4.69, 9.17) is 21.1 Å². The van der Waals surface area contributed by atoms with E-state index in [9.17, 15) is 9.90 Å². The van der Waals surface area contributed by atoms with Gasteiger partial charge in [-0.15, -0.1) is 0 Å². The van der Waals surface area contributed by atoms with E-state index in [2.05, 4.69) is 20.8 Å². The van der Waals surface area contributed by atoms with Gasteiger partial charge in [-0.3, -0.25) is 4.90 Å². The van der Waals surface area contributed by atoms with Crippen molar-refractivity contribution in [1.29, 1.82) is 0 Å². The Kier molecular flexibility index (Phi) is 5.57. The van der Waals surface area contributed by atoms with Crippen molar-refractivity contribution in [2.75, 3.05) is 32.8 Å². The van der Waals surface area contributed by atoms with Crippen molar-refractivity contribution < 1.29 is 19.4 Å². The van der Waals surface area contributed by atoms with Crippen LogP contribution in [0, 0.1) is 0 Å². The fourth-order valence-electron chi connectivity index (χ4n) is 3.22. The van der Waals surface area contributed by atoms with E-state index in [1.807, 2.05) is 20.8 Å². The Morgan fingerprint density at radius 1 is 1.42 bits per heavy atom. The maximum absolute atomic E-state index is 12.3. The van der Waals surface area contributed by atoms with Crippen molar-refractivity contribution in [3.05, 3.63) is 33.3 Å². The molecule has 2 aliphatic rings. The molecule has 1 aromatic carbocycles. The summed E-state index contributed by atoms with van der Waals surface area (Å²) < 4.78 is 12.0. The van der Waals surface area contributed by atoms with Gasteiger partial charge < -0.3 is 19.5 Å². The van der Waals surface area contributed by atoms with E-state index in [0.717, 1.165) is 4.47 Å². The maximum Gasteiger partial charge on any atom is 0.410 e. The van der Waals surface area contributed by atoms with Gasteiger partial charge in [0.25, 0.3) is 0 Å². The number of benzene rings is 1. The quantitative estimate of drug-likeness (QED) is 0.716. The number of carbonyl (C=O) groups is 1. The van der Waals surface area contributed by atoms with Crippen LogP contribution in [0.2, 0.25) is 5.02 Å². The molecule has 2 aliphatic heterocycles. The summed E-state index contributed by atoms with van der Waals surface area (Å²) in [5.41, 5.74) is 0.108. The van der Waals surface area contributed by atoms with Crippen LogP contribution in [0.1, 0.15) is 26.3 Å². The van der Waals surface area contributed by atoms with E-state index in [1.165, 1.54) is 0 Å². The minimum absolute atomic E-state index is 0.0301. The minimum Gasteiger partial charge on any atom is -0.444 e. The molecule has 3 rings (SSSR count). The van der Waals surface area contributed by atoms with Crippen LogP contribution in [-0.4, -0.2) is 65.4 Å². The highest BCUT2D eigenvalue weighted by Gasteiger charge is 2.43. The highest BCUT2D eigenvalue weighted by molar-refractivity contribution is 9.10. The lowest BCUT2D eigenvalue weighted by atomic mass is 10.0. The molecule has 0 spiro atoms. The molecule has 8 heteroatoms. The van der Waals surface area contributed by atoms with Crippen molar-refractivity contribution in [3.8, 4) is 0 Å². The second-order valence-electron chi connectivity index (χ2n) is 7.77. The van der Waals surface area contributed by atoms with Crippen molar-refractivity contribution in [2.24, 2.45) is 0 Å². The summed E-state index contributed by atoms with van der Waals surface area (Å²) >= 11 is 9.51. The molecule has 26 heavy (non-hydrogen) atoms. The Morgan fingerprint density at radius 2 is 2.15 bits per heavy atom. The fourth-order valence-corrected chi connectivity index (χ4v) is 3.65. The molecule has 0 unspecified atom stereocenters. The Bertz CT molecular complexity index is 696. The van der Waals surface area contributed by atoms with Gasteiger partial charge in [-0.2, -0.15) is 0 Å². The Balaban J connectivity index is 1.66. The lowest BCUT2D eigenvalue weighted by Crippen LogP contribution is -2.63. The number of hydrogen-bond donors (Lipinski definition) is 1. The number of hydrogen-bond acceptors (Lipinski definition) is 5. The van der Waals surface area contributed by atoms with Crippen LogP contribution in [0.4, 0.5) is 4.79 Å². The summed E-state index contributed by atoms with van der Waals surface area (Å²) in [6.07, 6.45) is -0.308. The summed E-state index contributed by atoms with van der Waals surface area (Å²) in [6.45, 7) is 7.95. The molecular formula is C18H24BrClN2O4. The molecular weight excluding hydrogens is 424 g/mol. The smallest absolute Gasteiger partial charge is 0.410 e. The van der Waals surface area contributed by atoms with Gasteiger partial charge in [0.1, 0.15) is 5.60 Å². The largest absolute Gasteiger partial charge is 0.444 e. The molecule has 0 aliphatic carbocycles. The van der Waals surface area contributed by atoms with E-state index in [-0.39, 0.29) is 12.1 Å². The van der Waals surface area contributed by atoms with Crippen LogP contribution in [0.15, 0.2) is 22.7 Å². The average Bonchev–Trinajstić information content (AvgIpc) is 2.55. The number of halogens is 2. The van der Waals surface area contributed by atoms with Crippen LogP contribution in [0.25, 0.3) is 0 Å². The van der Waals surface area contributed by atoms with E-state index in [0.29, 0.717) is 43.4 Å². The van der Waals surface area contributed by atoms with Crippen LogP contribution >= 0.6 is 27.5 Å². The van der Waals surface area contributed by atoms with Gasteiger partial charge in [-0.1, -0.05) is 17.7 Å². The molecule has 2 heterocycles. The van der Waals surface area contributed by atoms with Crippen molar-refractivity contribution >= 4 is 33.6 Å². The lowest BCUT2D eigenvalue weighted by Gasteiger charge is -2.48. The lowest BCUT2D eigenvalue weighted by molar-refractivity contribution is -0.266. The van der Waals surface area contributed by atoms with Gasteiger partial charge in [0.05, 0.1) is 24.2 Å². The number of morpholine rings is 1. The molecule has 0 bridgehead atoms. The van der Waals surface area contributed by atoms with Gasteiger partial charge in [0, 0.05) is 29.7 Å². The molecule has 144 valence electrons. The normalized spacial score (nSPS) is 27.2. The molecule has 2 saturated heterocycles. The molecule has 0 saturated carbocycles. The Morgan fingerprint density at radius 3 is 2.81 bits per heavy atom. The van der Waals surface area contributed by atoms with Gasteiger partial charge in [-0.25, -0.2) is 4.79 Å². The van der Waals surface area contributed by atoms with Crippen molar-refractivity contribution in [2.45, 2.75) is 38.2 Å². The van der Waals surface area contributed by atoms with Crippen LogP contribution in [0.5, 0.6) is 0 Å². The van der Waals surface area contributed by atoms with Gasteiger partial charge >= 0.3 is 6.09 Å². The van der Waals surface area contributed by atoms with Crippen molar-refractivity contribution in [1.82, 2.24) is 9.80 Å². The fraction of sp³-hybridized carbons (Fsp3) is 0.611. The summed E-state index contributed by atoms with van der Waals surface area (Å²) in [7, 11) is 0. The first-order valence-corrected chi connectivity index (χ1v) is 9.78. The summed E-state index contributed by atoms with van der Waals surface area (Å²) in [4.78, 5) is 16.1. The molecule has 1 N–H and O–H groups in total. The third-order valence-electron chi connectivity index (χ3n) is 4.56. The third kappa shape index (κ3) is 4.34. The van der Waals surface area contributed by atoms with Gasteiger partial charge in [-0.05, 0) is 48.8 Å². The number of fused-ring (bicyclic) bond motifs is 1. The monoisotopic (exact) mass is 446 g/mol. The summed E-state index contributed by atoms with van der Waals surface area (Å²) in [5.74, 6) is -1.41. The number of rotatable bonds is 1. The standard InChI is InChI=1S/C18H24BrClN2O4/c1-17(2,3)26-16(23)21-6-7-22-11-18(24,25-10-13(22)9-21)12-4-5-14(19)15(20)8-12/h4-5,8,13,24H,6-7,9-11H2,1-3H3/t13-,18-/m0/s1. The first kappa shape index (κ1) is 19.9. The topological polar surface area (TPSA) is 62.2 Å². The van der Waals surface area contributed by atoms with Gasteiger partial charge in [0.15, 0.2) is 0 Å². The number of carbonyl (C=O) groups excluding carboxylic acids is 1. The molecule has 1 aromatic rings. The van der Waals surface area contributed by atoms with Crippen molar-refractivity contribution in [3.63, 3.8) is 0 Å². The average molecular weight is 448 g/mol. The summed E-state index contributed by atoms with van der Waals surface area (Å²) in [6, 6.07) is 5.34. The molecule has 2 atom stereocenters. The first-order chi connectivity index (χ1) is 12.1. The zero-order chi connectivity index (χ0) is 19.1. The Hall–Kier alpha value is -0.860. The summed E-state index contributed by atoms with van der Waals surface area (Å²) in [5, 5.41) is 11.5. The highest BCUT2D eigenvalue weighted by Crippen LogP contribution is 2.34. The molecule has 0 radical (unpaired) electrons. The van der Waals surface area contributed by atoms with Crippen LogP contribution in [0.3, 0.4) is 0 Å². The number of aliphatic hydroxyl groups is 1.